The number of alkyl halides is 1. The summed E-state index contributed by atoms with van der Waals surface area (Å²) in [5.74, 6) is -2.71. The van der Waals surface area contributed by atoms with Crippen LogP contribution < -0.4 is 5.32 Å². The molecule has 116 valence electrons. The van der Waals surface area contributed by atoms with Crippen molar-refractivity contribution in [3.8, 4) is 0 Å². The number of hydrogen-bond acceptors (Lipinski definition) is 4. The Balaban J connectivity index is 1.86. The first kappa shape index (κ1) is 16.5. The fourth-order valence-electron chi connectivity index (χ4n) is 1.90. The Morgan fingerprint density at radius 3 is 2.62 bits per heavy atom. The number of benzene rings is 1. The molecule has 1 aliphatic heterocycles. The van der Waals surface area contributed by atoms with E-state index in [1.54, 1.807) is 0 Å². The normalized spacial score (nSPS) is 24.0. The van der Waals surface area contributed by atoms with E-state index in [4.69, 9.17) is 11.6 Å². The number of thioether (sulfide) groups is 1. The molecule has 1 amide bonds. The number of hydrogen-bond donors (Lipinski definition) is 1. The van der Waals surface area contributed by atoms with Gasteiger partial charge in [-0.1, -0.05) is 0 Å². The predicted molar refractivity (Wildman–Crippen MR) is 77.3 cm³/mol. The highest BCUT2D eigenvalue weighted by molar-refractivity contribution is 8.00. The van der Waals surface area contributed by atoms with Crippen LogP contribution in [-0.2, 0) is 14.6 Å². The number of halogens is 3. The summed E-state index contributed by atoms with van der Waals surface area (Å²) in [7, 11) is -3.21. The van der Waals surface area contributed by atoms with Gasteiger partial charge in [-0.2, -0.15) is 0 Å². The Labute approximate surface area is 130 Å². The average molecular weight is 356 g/mol. The minimum Gasteiger partial charge on any atom is -0.350 e. The fraction of sp³-hybridized carbons (Fsp3) is 0.417. The zero-order valence-electron chi connectivity index (χ0n) is 10.7. The van der Waals surface area contributed by atoms with Gasteiger partial charge in [-0.05, 0) is 18.2 Å². The molecule has 1 aromatic carbocycles. The van der Waals surface area contributed by atoms with E-state index in [0.717, 1.165) is 23.9 Å². The van der Waals surface area contributed by atoms with Crippen molar-refractivity contribution in [1.82, 2.24) is 5.32 Å². The second-order valence-corrected chi connectivity index (χ2v) is 8.39. The molecule has 1 saturated heterocycles. The maximum absolute atomic E-state index is 13.0. The summed E-state index contributed by atoms with van der Waals surface area (Å²) >= 11 is 6.89. The Morgan fingerprint density at radius 2 is 2.05 bits per heavy atom. The van der Waals surface area contributed by atoms with Gasteiger partial charge in [-0.3, -0.25) is 4.79 Å². The lowest BCUT2D eigenvalue weighted by Gasteiger charge is -2.14. The minimum absolute atomic E-state index is 0.0365. The first-order valence-electron chi connectivity index (χ1n) is 5.98. The van der Waals surface area contributed by atoms with Gasteiger partial charge in [-0.25, -0.2) is 17.2 Å². The highest BCUT2D eigenvalue weighted by Gasteiger charge is 2.37. The van der Waals surface area contributed by atoms with Gasteiger partial charge in [0.1, 0.15) is 0 Å². The molecule has 1 heterocycles. The molecule has 1 aliphatic rings. The molecule has 0 unspecified atom stereocenters. The molecule has 0 aromatic heterocycles. The quantitative estimate of drug-likeness (QED) is 0.658. The van der Waals surface area contributed by atoms with Gasteiger partial charge >= 0.3 is 0 Å². The molecular weight excluding hydrogens is 344 g/mol. The molecule has 0 bridgehead atoms. The Hall–Kier alpha value is -0.860. The third-order valence-electron chi connectivity index (χ3n) is 2.89. The third kappa shape index (κ3) is 4.55. The molecule has 1 fully saturated rings. The van der Waals surface area contributed by atoms with Gasteiger partial charge in [0.15, 0.2) is 21.5 Å². The van der Waals surface area contributed by atoms with Crippen molar-refractivity contribution in [2.75, 3.05) is 17.3 Å². The average Bonchev–Trinajstić information content (AvgIpc) is 2.64. The summed E-state index contributed by atoms with van der Waals surface area (Å²) in [6, 6.07) is 2.72. The first-order chi connectivity index (χ1) is 9.77. The molecule has 0 spiro atoms. The van der Waals surface area contributed by atoms with Gasteiger partial charge in [0.25, 0.3) is 0 Å². The monoisotopic (exact) mass is 355 g/mol. The Bertz CT molecular complexity index is 654. The summed E-state index contributed by atoms with van der Waals surface area (Å²) < 4.78 is 48.5. The lowest BCUT2D eigenvalue weighted by atomic mass is 10.2. The predicted octanol–water partition coefficient (Wildman–Crippen LogP) is 1.58. The SMILES string of the molecule is O=C(CSc1ccc(F)c(F)c1)N[C@H]1CS(=O)(=O)C[C@@H]1Cl. The van der Waals surface area contributed by atoms with Crippen LogP contribution in [0, 0.1) is 11.6 Å². The van der Waals surface area contributed by atoms with E-state index in [9.17, 15) is 22.0 Å². The van der Waals surface area contributed by atoms with Crippen molar-refractivity contribution in [2.24, 2.45) is 0 Å². The standard InChI is InChI=1S/C12H12ClF2NO3S2/c13-8-5-21(18,19)6-11(8)16-12(17)4-20-7-1-2-9(14)10(15)3-7/h1-3,8,11H,4-6H2,(H,16,17)/t8-,11-/m0/s1. The van der Waals surface area contributed by atoms with Crippen LogP contribution in [0.15, 0.2) is 23.1 Å². The Kier molecular flexibility index (Phi) is 5.11. The van der Waals surface area contributed by atoms with Gasteiger partial charge < -0.3 is 5.32 Å². The fourth-order valence-corrected chi connectivity index (χ4v) is 5.18. The molecule has 1 N–H and O–H groups in total. The van der Waals surface area contributed by atoms with E-state index < -0.39 is 38.8 Å². The molecule has 9 heteroatoms. The molecule has 0 saturated carbocycles. The molecule has 4 nitrogen and oxygen atoms in total. The smallest absolute Gasteiger partial charge is 0.230 e. The molecule has 21 heavy (non-hydrogen) atoms. The van der Waals surface area contributed by atoms with E-state index in [1.807, 2.05) is 0 Å². The van der Waals surface area contributed by atoms with Crippen LogP contribution in [-0.4, -0.2) is 43.0 Å². The van der Waals surface area contributed by atoms with Crippen LogP contribution in [0.25, 0.3) is 0 Å². The second-order valence-electron chi connectivity index (χ2n) is 4.63. The molecule has 2 atom stereocenters. The van der Waals surface area contributed by atoms with Crippen molar-refractivity contribution < 1.29 is 22.0 Å². The maximum atomic E-state index is 13.0. The highest BCUT2D eigenvalue weighted by Crippen LogP contribution is 2.21. The van der Waals surface area contributed by atoms with Crippen LogP contribution in [0.2, 0.25) is 0 Å². The summed E-state index contributed by atoms with van der Waals surface area (Å²) in [5, 5.41) is 1.90. The molecule has 1 aromatic rings. The topological polar surface area (TPSA) is 63.2 Å². The van der Waals surface area contributed by atoms with Gasteiger partial charge in [0, 0.05) is 4.90 Å². The van der Waals surface area contributed by atoms with Crippen molar-refractivity contribution in [2.45, 2.75) is 16.3 Å². The number of nitrogens with one attached hydrogen (secondary N) is 1. The first-order valence-corrected chi connectivity index (χ1v) is 9.23. The molecule has 0 aliphatic carbocycles. The lowest BCUT2D eigenvalue weighted by molar-refractivity contribution is -0.119. The van der Waals surface area contributed by atoms with Gasteiger partial charge in [-0.15, -0.1) is 23.4 Å². The number of sulfone groups is 1. The van der Waals surface area contributed by atoms with Gasteiger partial charge in [0.2, 0.25) is 5.91 Å². The van der Waals surface area contributed by atoms with Crippen molar-refractivity contribution in [3.05, 3.63) is 29.8 Å². The van der Waals surface area contributed by atoms with Crippen LogP contribution in [0.4, 0.5) is 8.78 Å². The summed E-state index contributed by atoms with van der Waals surface area (Å²) in [5.41, 5.74) is 0. The summed E-state index contributed by atoms with van der Waals surface area (Å²) in [6.07, 6.45) is 0. The zero-order valence-corrected chi connectivity index (χ0v) is 13.1. The number of amides is 1. The van der Waals surface area contributed by atoms with E-state index >= 15 is 0 Å². The van der Waals surface area contributed by atoms with Crippen LogP contribution in [0.1, 0.15) is 0 Å². The number of carbonyl (C=O) groups excluding carboxylic acids is 1. The van der Waals surface area contributed by atoms with Crippen molar-refractivity contribution in [3.63, 3.8) is 0 Å². The van der Waals surface area contributed by atoms with E-state index in [0.29, 0.717) is 4.90 Å². The van der Waals surface area contributed by atoms with Gasteiger partial charge in [0.05, 0.1) is 28.7 Å². The number of carbonyl (C=O) groups is 1. The van der Waals surface area contributed by atoms with Crippen LogP contribution in [0.5, 0.6) is 0 Å². The largest absolute Gasteiger partial charge is 0.350 e. The zero-order chi connectivity index (χ0) is 15.6. The maximum Gasteiger partial charge on any atom is 0.230 e. The summed E-state index contributed by atoms with van der Waals surface area (Å²) in [4.78, 5) is 12.1. The molecular formula is C12H12ClF2NO3S2. The second kappa shape index (κ2) is 6.50. The molecule has 0 radical (unpaired) electrons. The van der Waals surface area contributed by atoms with E-state index in [1.165, 1.54) is 6.07 Å². The highest BCUT2D eigenvalue weighted by atomic mass is 35.5. The van der Waals surface area contributed by atoms with Crippen LogP contribution in [0.3, 0.4) is 0 Å². The lowest BCUT2D eigenvalue weighted by Crippen LogP contribution is -2.41. The number of rotatable bonds is 4. The van der Waals surface area contributed by atoms with Crippen molar-refractivity contribution in [1.29, 1.82) is 0 Å². The van der Waals surface area contributed by atoms with Crippen molar-refractivity contribution >= 4 is 39.1 Å². The molecule has 2 rings (SSSR count). The van der Waals surface area contributed by atoms with Crippen LogP contribution >= 0.6 is 23.4 Å². The third-order valence-corrected chi connectivity index (χ3v) is 6.26. The Morgan fingerprint density at radius 1 is 1.33 bits per heavy atom. The van der Waals surface area contributed by atoms with E-state index in [2.05, 4.69) is 5.32 Å². The van der Waals surface area contributed by atoms with E-state index in [-0.39, 0.29) is 17.3 Å². The summed E-state index contributed by atoms with van der Waals surface area (Å²) in [6.45, 7) is 0. The minimum atomic E-state index is -3.21.